The maximum absolute atomic E-state index is 10.9. The van der Waals surface area contributed by atoms with E-state index in [9.17, 15) is 10.1 Å². The molecule has 0 aliphatic rings. The first-order valence-electron chi connectivity index (χ1n) is 6.32. The lowest BCUT2D eigenvalue weighted by molar-refractivity contribution is -0.384. The third-order valence-electron chi connectivity index (χ3n) is 2.56. The Kier molecular flexibility index (Phi) is 6.01. The molecule has 0 aliphatic heterocycles. The van der Waals surface area contributed by atoms with Crippen LogP contribution < -0.4 is 10.6 Å². The molecule has 7 nitrogen and oxygen atoms in total. The van der Waals surface area contributed by atoms with Crippen molar-refractivity contribution in [2.45, 2.75) is 20.3 Å². The van der Waals surface area contributed by atoms with E-state index in [0.29, 0.717) is 12.4 Å². The number of aliphatic hydroxyl groups is 1. The predicted molar refractivity (Wildman–Crippen MR) is 74.4 cm³/mol. The van der Waals surface area contributed by atoms with Crippen molar-refractivity contribution in [3.63, 3.8) is 0 Å². The van der Waals surface area contributed by atoms with Crippen LogP contribution in [0.3, 0.4) is 0 Å². The van der Waals surface area contributed by atoms with Crippen molar-refractivity contribution in [1.82, 2.24) is 4.98 Å². The second-order valence-electron chi connectivity index (χ2n) is 4.42. The lowest BCUT2D eigenvalue weighted by Gasteiger charge is -2.12. The van der Waals surface area contributed by atoms with Gasteiger partial charge in [0.1, 0.15) is 5.82 Å². The normalized spacial score (nSPS) is 11.9. The van der Waals surface area contributed by atoms with Crippen molar-refractivity contribution < 1.29 is 10.0 Å². The standard InChI is InChI=1S/C12H20N4O3/c1-3-6-13-11-5-4-10(16(18)19)12(15-11)14-7-9(2)8-17/h4-5,9,17H,3,6-8H2,1-2H3,(H2,13,14,15). The fourth-order valence-electron chi connectivity index (χ4n) is 1.42. The average Bonchev–Trinajstić information content (AvgIpc) is 2.42. The fourth-order valence-corrected chi connectivity index (χ4v) is 1.42. The maximum atomic E-state index is 10.9. The SMILES string of the molecule is CCCNc1ccc([N+](=O)[O-])c(NCC(C)CO)n1. The van der Waals surface area contributed by atoms with Crippen molar-refractivity contribution >= 4 is 17.3 Å². The molecule has 1 atom stereocenters. The first kappa shape index (κ1) is 15.2. The number of rotatable bonds is 8. The van der Waals surface area contributed by atoms with E-state index in [2.05, 4.69) is 15.6 Å². The van der Waals surface area contributed by atoms with E-state index in [-0.39, 0.29) is 24.0 Å². The smallest absolute Gasteiger partial charge is 0.311 e. The Morgan fingerprint density at radius 2 is 2.21 bits per heavy atom. The van der Waals surface area contributed by atoms with Crippen LogP contribution in [0, 0.1) is 16.0 Å². The molecule has 0 fully saturated rings. The van der Waals surface area contributed by atoms with E-state index in [1.165, 1.54) is 6.07 Å². The lowest BCUT2D eigenvalue weighted by Crippen LogP contribution is -2.16. The van der Waals surface area contributed by atoms with Gasteiger partial charge in [0.2, 0.25) is 5.82 Å². The number of nitrogens with zero attached hydrogens (tertiary/aromatic N) is 2. The minimum atomic E-state index is -0.470. The highest BCUT2D eigenvalue weighted by Crippen LogP contribution is 2.24. The van der Waals surface area contributed by atoms with Crippen LogP contribution in [0.15, 0.2) is 12.1 Å². The van der Waals surface area contributed by atoms with Crippen molar-refractivity contribution in [1.29, 1.82) is 0 Å². The van der Waals surface area contributed by atoms with E-state index in [1.54, 1.807) is 6.07 Å². The Labute approximate surface area is 112 Å². The molecule has 0 bridgehead atoms. The number of aromatic nitrogens is 1. The first-order valence-corrected chi connectivity index (χ1v) is 6.32. The lowest BCUT2D eigenvalue weighted by atomic mass is 10.2. The maximum Gasteiger partial charge on any atom is 0.311 e. The highest BCUT2D eigenvalue weighted by molar-refractivity contribution is 5.60. The number of aliphatic hydroxyl groups excluding tert-OH is 1. The number of hydrogen-bond donors (Lipinski definition) is 3. The minimum absolute atomic E-state index is 0.00802. The molecule has 1 unspecified atom stereocenters. The van der Waals surface area contributed by atoms with Crippen molar-refractivity contribution in [3.05, 3.63) is 22.2 Å². The van der Waals surface area contributed by atoms with Crippen LogP contribution in [-0.2, 0) is 0 Å². The Balaban J connectivity index is 2.85. The van der Waals surface area contributed by atoms with Crippen LogP contribution in [0.25, 0.3) is 0 Å². The van der Waals surface area contributed by atoms with Gasteiger partial charge in [0.15, 0.2) is 0 Å². The number of nitro groups is 1. The summed E-state index contributed by atoms with van der Waals surface area (Å²) in [5, 5.41) is 25.9. The van der Waals surface area contributed by atoms with Crippen molar-refractivity contribution in [3.8, 4) is 0 Å². The largest absolute Gasteiger partial charge is 0.396 e. The van der Waals surface area contributed by atoms with Gasteiger partial charge < -0.3 is 15.7 Å². The summed E-state index contributed by atoms with van der Waals surface area (Å²) >= 11 is 0. The van der Waals surface area contributed by atoms with Crippen molar-refractivity contribution in [2.24, 2.45) is 5.92 Å². The van der Waals surface area contributed by atoms with Crippen LogP contribution in [0.2, 0.25) is 0 Å². The van der Waals surface area contributed by atoms with Gasteiger partial charge in [-0.3, -0.25) is 10.1 Å². The second-order valence-corrected chi connectivity index (χ2v) is 4.42. The summed E-state index contributed by atoms with van der Waals surface area (Å²) in [6, 6.07) is 3.02. The van der Waals surface area contributed by atoms with Gasteiger partial charge >= 0.3 is 5.69 Å². The summed E-state index contributed by atoms with van der Waals surface area (Å²) in [4.78, 5) is 14.6. The summed E-state index contributed by atoms with van der Waals surface area (Å²) in [7, 11) is 0. The number of anilines is 2. The molecule has 1 rings (SSSR count). The molecule has 1 heterocycles. The van der Waals surface area contributed by atoms with Crippen molar-refractivity contribution in [2.75, 3.05) is 30.3 Å². The van der Waals surface area contributed by atoms with Crippen LogP contribution in [0.1, 0.15) is 20.3 Å². The first-order chi connectivity index (χ1) is 9.08. The molecule has 0 saturated heterocycles. The third kappa shape index (κ3) is 4.70. The van der Waals surface area contributed by atoms with Gasteiger partial charge in [-0.25, -0.2) is 4.98 Å². The Morgan fingerprint density at radius 1 is 1.47 bits per heavy atom. The molecule has 0 spiro atoms. The van der Waals surface area contributed by atoms with Gasteiger partial charge in [-0.15, -0.1) is 0 Å². The van der Waals surface area contributed by atoms with Crippen LogP contribution in [0.5, 0.6) is 0 Å². The molecule has 0 aromatic carbocycles. The predicted octanol–water partition coefficient (Wildman–Crippen LogP) is 1.85. The van der Waals surface area contributed by atoms with E-state index in [0.717, 1.165) is 13.0 Å². The van der Waals surface area contributed by atoms with Gasteiger partial charge in [-0.05, 0) is 18.4 Å². The molecule has 106 valence electrons. The summed E-state index contributed by atoms with van der Waals surface area (Å²) in [5.74, 6) is 0.840. The van der Waals surface area contributed by atoms with E-state index in [1.807, 2.05) is 13.8 Å². The van der Waals surface area contributed by atoms with Gasteiger partial charge in [0.05, 0.1) is 4.92 Å². The molecule has 0 amide bonds. The average molecular weight is 268 g/mol. The molecular formula is C12H20N4O3. The summed E-state index contributed by atoms with van der Waals surface area (Å²) in [6.45, 7) is 5.09. The highest BCUT2D eigenvalue weighted by atomic mass is 16.6. The van der Waals surface area contributed by atoms with E-state index >= 15 is 0 Å². The van der Waals surface area contributed by atoms with E-state index < -0.39 is 4.92 Å². The van der Waals surface area contributed by atoms with Gasteiger partial charge in [0, 0.05) is 25.8 Å². The summed E-state index contributed by atoms with van der Waals surface area (Å²) in [5.41, 5.74) is -0.0628. The highest BCUT2D eigenvalue weighted by Gasteiger charge is 2.16. The zero-order valence-electron chi connectivity index (χ0n) is 11.2. The quantitative estimate of drug-likeness (QED) is 0.491. The molecule has 0 aliphatic carbocycles. The molecule has 7 heteroatoms. The zero-order chi connectivity index (χ0) is 14.3. The minimum Gasteiger partial charge on any atom is -0.396 e. The Morgan fingerprint density at radius 3 is 2.79 bits per heavy atom. The second kappa shape index (κ2) is 7.52. The topological polar surface area (TPSA) is 100 Å². The van der Waals surface area contributed by atoms with Crippen LogP contribution in [0.4, 0.5) is 17.3 Å². The monoisotopic (exact) mass is 268 g/mol. The molecule has 1 aromatic rings. The Hall–Kier alpha value is -1.89. The van der Waals surface area contributed by atoms with Gasteiger partial charge in [-0.2, -0.15) is 0 Å². The Bertz CT molecular complexity index is 425. The number of hydrogen-bond acceptors (Lipinski definition) is 6. The number of nitrogens with one attached hydrogen (secondary N) is 2. The third-order valence-corrected chi connectivity index (χ3v) is 2.56. The van der Waals surface area contributed by atoms with E-state index in [4.69, 9.17) is 5.11 Å². The molecule has 1 aromatic heterocycles. The molecule has 3 N–H and O–H groups in total. The molecule has 19 heavy (non-hydrogen) atoms. The van der Waals surface area contributed by atoms with Gasteiger partial charge in [-0.1, -0.05) is 13.8 Å². The molecule has 0 radical (unpaired) electrons. The molecule has 0 saturated carbocycles. The fraction of sp³-hybridized carbons (Fsp3) is 0.583. The zero-order valence-corrected chi connectivity index (χ0v) is 11.2. The number of pyridine rings is 1. The van der Waals surface area contributed by atoms with Crippen LogP contribution in [-0.4, -0.2) is 34.7 Å². The van der Waals surface area contributed by atoms with Crippen LogP contribution >= 0.6 is 0 Å². The van der Waals surface area contributed by atoms with Gasteiger partial charge in [0.25, 0.3) is 0 Å². The summed E-state index contributed by atoms with van der Waals surface area (Å²) < 4.78 is 0. The molecular weight excluding hydrogens is 248 g/mol. The summed E-state index contributed by atoms with van der Waals surface area (Å²) in [6.07, 6.45) is 0.947.